The number of benzene rings is 2. The van der Waals surface area contributed by atoms with Gasteiger partial charge in [-0.3, -0.25) is 4.79 Å². The largest absolute Gasteiger partial charge is 0.491 e. The number of ether oxygens (including phenoxy) is 1. The maximum atomic E-state index is 12.2. The number of nitrogens with zero attached hydrogens (tertiary/aromatic N) is 1. The highest BCUT2D eigenvalue weighted by Crippen LogP contribution is 2.22. The Morgan fingerprint density at radius 2 is 1.81 bits per heavy atom. The number of carbonyl (C=O) groups excluding carboxylic acids is 1. The zero-order valence-electron chi connectivity index (χ0n) is 16.2. The molecule has 0 saturated carbocycles. The minimum atomic E-state index is -0.143. The lowest BCUT2D eigenvalue weighted by Crippen LogP contribution is -2.29. The van der Waals surface area contributed by atoms with Crippen molar-refractivity contribution < 1.29 is 9.53 Å². The molecule has 4 heteroatoms. The van der Waals surface area contributed by atoms with Gasteiger partial charge in [0.25, 0.3) is 0 Å². The van der Waals surface area contributed by atoms with Crippen LogP contribution >= 0.6 is 0 Å². The van der Waals surface area contributed by atoms with Gasteiger partial charge in [-0.1, -0.05) is 12.1 Å². The maximum Gasteiger partial charge on any atom is 0.248 e. The van der Waals surface area contributed by atoms with Crippen LogP contribution in [0.15, 0.2) is 54.6 Å². The molecular weight excluding hydrogens is 336 g/mol. The van der Waals surface area contributed by atoms with Crippen molar-refractivity contribution in [1.82, 2.24) is 0 Å². The van der Waals surface area contributed by atoms with Crippen LogP contribution in [0.5, 0.6) is 5.75 Å². The number of carbonyl (C=O) groups is 1. The number of anilines is 2. The Morgan fingerprint density at radius 3 is 2.52 bits per heavy atom. The Labute approximate surface area is 161 Å². The molecule has 1 fully saturated rings. The monoisotopic (exact) mass is 364 g/mol. The fourth-order valence-electron chi connectivity index (χ4n) is 3.23. The fourth-order valence-corrected chi connectivity index (χ4v) is 3.23. The van der Waals surface area contributed by atoms with Crippen molar-refractivity contribution in [2.45, 2.75) is 39.2 Å². The van der Waals surface area contributed by atoms with Crippen LogP contribution in [-0.2, 0) is 4.79 Å². The number of rotatable bonds is 6. The third-order valence-corrected chi connectivity index (χ3v) is 4.51. The number of nitrogens with one attached hydrogen (secondary N) is 1. The van der Waals surface area contributed by atoms with Crippen LogP contribution in [0.1, 0.15) is 38.7 Å². The van der Waals surface area contributed by atoms with Gasteiger partial charge in [0.15, 0.2) is 0 Å². The fraction of sp³-hybridized carbons (Fsp3) is 0.348. The highest BCUT2D eigenvalue weighted by Gasteiger charge is 2.10. The summed E-state index contributed by atoms with van der Waals surface area (Å²) in [6.45, 7) is 6.22. The smallest absolute Gasteiger partial charge is 0.248 e. The van der Waals surface area contributed by atoms with Gasteiger partial charge in [0, 0.05) is 30.5 Å². The Kier molecular flexibility index (Phi) is 6.53. The molecule has 4 nitrogen and oxygen atoms in total. The van der Waals surface area contributed by atoms with Crippen molar-refractivity contribution in [3.8, 4) is 5.75 Å². The van der Waals surface area contributed by atoms with Gasteiger partial charge in [0.1, 0.15) is 5.75 Å². The van der Waals surface area contributed by atoms with Crippen LogP contribution in [0.4, 0.5) is 11.4 Å². The van der Waals surface area contributed by atoms with Gasteiger partial charge >= 0.3 is 0 Å². The Hall–Kier alpha value is -2.75. The average Bonchev–Trinajstić information content (AvgIpc) is 2.67. The second-order valence-corrected chi connectivity index (χ2v) is 7.16. The SMILES string of the molecule is CC(C)Oc1cccc(/C=C/C(=O)Nc2ccc(N3CCCCC3)cc2)c1. The third-order valence-electron chi connectivity index (χ3n) is 4.51. The van der Waals surface area contributed by atoms with E-state index in [1.807, 2.05) is 50.2 Å². The molecule has 27 heavy (non-hydrogen) atoms. The lowest BCUT2D eigenvalue weighted by molar-refractivity contribution is -0.111. The zero-order chi connectivity index (χ0) is 19.1. The summed E-state index contributed by atoms with van der Waals surface area (Å²) >= 11 is 0. The van der Waals surface area contributed by atoms with E-state index in [9.17, 15) is 4.79 Å². The lowest BCUT2D eigenvalue weighted by atomic mass is 10.1. The number of hydrogen-bond donors (Lipinski definition) is 1. The molecule has 1 saturated heterocycles. The Balaban J connectivity index is 1.56. The van der Waals surface area contributed by atoms with Crippen molar-refractivity contribution in [2.75, 3.05) is 23.3 Å². The molecule has 1 N–H and O–H groups in total. The van der Waals surface area contributed by atoms with Gasteiger partial charge in [-0.2, -0.15) is 0 Å². The predicted molar refractivity (Wildman–Crippen MR) is 112 cm³/mol. The van der Waals surface area contributed by atoms with Gasteiger partial charge in [-0.05, 0) is 81.1 Å². The number of piperidine rings is 1. The minimum absolute atomic E-state index is 0.125. The van der Waals surface area contributed by atoms with Crippen molar-refractivity contribution in [2.24, 2.45) is 0 Å². The molecule has 0 atom stereocenters. The summed E-state index contributed by atoms with van der Waals surface area (Å²) in [7, 11) is 0. The first-order valence-electron chi connectivity index (χ1n) is 9.71. The summed E-state index contributed by atoms with van der Waals surface area (Å²) < 4.78 is 5.68. The van der Waals surface area contributed by atoms with Gasteiger partial charge < -0.3 is 15.0 Å². The number of amides is 1. The second kappa shape index (κ2) is 9.26. The van der Waals surface area contributed by atoms with Crippen molar-refractivity contribution >= 4 is 23.4 Å². The molecule has 0 radical (unpaired) electrons. The average molecular weight is 364 g/mol. The highest BCUT2D eigenvalue weighted by molar-refractivity contribution is 6.02. The van der Waals surface area contributed by atoms with Gasteiger partial charge in [0.2, 0.25) is 5.91 Å². The zero-order valence-corrected chi connectivity index (χ0v) is 16.2. The van der Waals surface area contributed by atoms with Crippen LogP contribution in [0.25, 0.3) is 6.08 Å². The molecule has 0 aliphatic carbocycles. The molecular formula is C23H28N2O2. The standard InChI is InChI=1S/C23H28N2O2/c1-18(2)27-22-8-6-7-19(17-22)9-14-23(26)24-20-10-12-21(13-11-20)25-15-4-3-5-16-25/h6-14,17-18H,3-5,15-16H2,1-2H3,(H,24,26)/b14-9+. The van der Waals surface area contributed by atoms with E-state index in [1.54, 1.807) is 12.2 Å². The Bertz CT molecular complexity index is 775. The third kappa shape index (κ3) is 5.88. The lowest BCUT2D eigenvalue weighted by Gasteiger charge is -2.28. The van der Waals surface area contributed by atoms with Crippen LogP contribution in [0, 0.1) is 0 Å². The van der Waals surface area contributed by atoms with E-state index in [0.29, 0.717) is 0 Å². The maximum absolute atomic E-state index is 12.2. The van der Waals surface area contributed by atoms with E-state index in [-0.39, 0.29) is 12.0 Å². The topological polar surface area (TPSA) is 41.6 Å². The van der Waals surface area contributed by atoms with Crippen LogP contribution in [0.2, 0.25) is 0 Å². The first-order chi connectivity index (χ1) is 13.1. The molecule has 0 aromatic heterocycles. The van der Waals surface area contributed by atoms with Crippen LogP contribution in [0.3, 0.4) is 0 Å². The van der Waals surface area contributed by atoms with E-state index < -0.39 is 0 Å². The molecule has 142 valence electrons. The van der Waals surface area contributed by atoms with E-state index >= 15 is 0 Å². The van der Waals surface area contributed by atoms with Crippen molar-refractivity contribution in [1.29, 1.82) is 0 Å². The summed E-state index contributed by atoms with van der Waals surface area (Å²) in [6.07, 6.45) is 7.31. The molecule has 1 amide bonds. The molecule has 0 unspecified atom stereocenters. The van der Waals surface area contributed by atoms with Crippen molar-refractivity contribution in [3.05, 3.63) is 60.2 Å². The summed E-state index contributed by atoms with van der Waals surface area (Å²) in [5.74, 6) is 0.664. The van der Waals surface area contributed by atoms with Crippen molar-refractivity contribution in [3.63, 3.8) is 0 Å². The molecule has 1 aliphatic rings. The molecule has 0 spiro atoms. The predicted octanol–water partition coefficient (Wildman–Crippen LogP) is 5.12. The first kappa shape index (κ1) is 19.0. The van der Waals surface area contributed by atoms with Gasteiger partial charge in [-0.25, -0.2) is 0 Å². The molecule has 1 aliphatic heterocycles. The van der Waals surface area contributed by atoms with Crippen LogP contribution in [-0.4, -0.2) is 25.1 Å². The molecule has 1 heterocycles. The molecule has 2 aromatic rings. The molecule has 2 aromatic carbocycles. The Morgan fingerprint density at radius 1 is 1.07 bits per heavy atom. The first-order valence-corrected chi connectivity index (χ1v) is 9.71. The van der Waals surface area contributed by atoms with E-state index in [2.05, 4.69) is 22.3 Å². The summed E-state index contributed by atoms with van der Waals surface area (Å²) in [5.41, 5.74) is 2.97. The van der Waals surface area contributed by atoms with Gasteiger partial charge in [0.05, 0.1) is 6.10 Å². The minimum Gasteiger partial charge on any atom is -0.491 e. The quantitative estimate of drug-likeness (QED) is 0.724. The summed E-state index contributed by atoms with van der Waals surface area (Å²) in [6, 6.07) is 15.8. The van der Waals surface area contributed by atoms with E-state index in [4.69, 9.17) is 4.74 Å². The number of hydrogen-bond acceptors (Lipinski definition) is 3. The van der Waals surface area contributed by atoms with E-state index in [0.717, 1.165) is 30.1 Å². The van der Waals surface area contributed by atoms with E-state index in [1.165, 1.54) is 24.9 Å². The molecule has 0 bridgehead atoms. The highest BCUT2D eigenvalue weighted by atomic mass is 16.5. The van der Waals surface area contributed by atoms with Crippen LogP contribution < -0.4 is 15.0 Å². The normalized spacial score (nSPS) is 14.6. The second-order valence-electron chi connectivity index (χ2n) is 7.16. The summed E-state index contributed by atoms with van der Waals surface area (Å²) in [4.78, 5) is 14.6. The van der Waals surface area contributed by atoms with Gasteiger partial charge in [-0.15, -0.1) is 0 Å². The summed E-state index contributed by atoms with van der Waals surface area (Å²) in [5, 5.41) is 2.91. The molecule has 3 rings (SSSR count).